The largest absolute Gasteiger partial charge is 0.450 e. The average Bonchev–Trinajstić information content (AvgIpc) is 3.19. The molecule has 1 fully saturated rings. The molecule has 2 heterocycles. The van der Waals surface area contributed by atoms with Gasteiger partial charge >= 0.3 is 6.09 Å². The smallest absolute Gasteiger partial charge is 0.409 e. The number of nitrogens with zero attached hydrogens (tertiary/aromatic N) is 4. The standard InChI is InChI=1S/C21H30N6O2.HI/c1-3-29-21(28)26-11-9-19(10-12-26)25-20(22-2)23-13-18-14-24-27(16-18)15-17-7-5-4-6-8-17;/h4-8,14,16,19H,3,9-13,15H2,1-2H3,(H2,22,23,25);1H. The molecular formula is C21H31IN6O2. The minimum absolute atomic E-state index is 0. The van der Waals surface area contributed by atoms with Crippen LogP contribution in [0.1, 0.15) is 30.9 Å². The van der Waals surface area contributed by atoms with Crippen molar-refractivity contribution in [3.63, 3.8) is 0 Å². The van der Waals surface area contributed by atoms with Gasteiger partial charge in [0.2, 0.25) is 0 Å². The number of carbonyl (C=O) groups excluding carboxylic acids is 1. The molecular weight excluding hydrogens is 495 g/mol. The Morgan fingerprint density at radius 1 is 1.23 bits per heavy atom. The number of hydrogen-bond acceptors (Lipinski definition) is 4. The molecule has 0 bridgehead atoms. The number of aromatic nitrogens is 2. The predicted octanol–water partition coefficient (Wildman–Crippen LogP) is 2.84. The first-order chi connectivity index (χ1) is 14.2. The minimum Gasteiger partial charge on any atom is -0.450 e. The van der Waals surface area contributed by atoms with E-state index in [-0.39, 0.29) is 36.1 Å². The zero-order chi connectivity index (χ0) is 20.5. The second-order valence-corrected chi connectivity index (χ2v) is 7.06. The van der Waals surface area contributed by atoms with Crippen molar-refractivity contribution in [2.24, 2.45) is 4.99 Å². The molecule has 164 valence electrons. The van der Waals surface area contributed by atoms with E-state index in [9.17, 15) is 4.79 Å². The number of ether oxygens (including phenoxy) is 1. The van der Waals surface area contributed by atoms with Crippen LogP contribution in [-0.2, 0) is 17.8 Å². The number of nitrogens with one attached hydrogen (secondary N) is 2. The quantitative estimate of drug-likeness (QED) is 0.344. The molecule has 3 rings (SSSR count). The number of piperidine rings is 1. The summed E-state index contributed by atoms with van der Waals surface area (Å²) in [7, 11) is 1.77. The van der Waals surface area contributed by atoms with E-state index in [1.165, 1.54) is 5.56 Å². The molecule has 1 aliphatic heterocycles. The van der Waals surface area contributed by atoms with E-state index in [2.05, 4.69) is 32.9 Å². The van der Waals surface area contributed by atoms with Crippen LogP contribution in [0.4, 0.5) is 4.79 Å². The summed E-state index contributed by atoms with van der Waals surface area (Å²) in [4.78, 5) is 17.9. The van der Waals surface area contributed by atoms with Crippen LogP contribution in [0.5, 0.6) is 0 Å². The number of halogens is 1. The molecule has 8 nitrogen and oxygen atoms in total. The van der Waals surface area contributed by atoms with Crippen LogP contribution in [0.3, 0.4) is 0 Å². The minimum atomic E-state index is -0.221. The fourth-order valence-corrected chi connectivity index (χ4v) is 3.35. The Bertz CT molecular complexity index is 803. The second-order valence-electron chi connectivity index (χ2n) is 7.06. The van der Waals surface area contributed by atoms with Crippen LogP contribution in [0.25, 0.3) is 0 Å². The van der Waals surface area contributed by atoms with E-state index in [4.69, 9.17) is 4.74 Å². The number of carbonyl (C=O) groups is 1. The van der Waals surface area contributed by atoms with Gasteiger partial charge in [0, 0.05) is 44.5 Å². The third-order valence-electron chi connectivity index (χ3n) is 4.92. The van der Waals surface area contributed by atoms with Crippen molar-refractivity contribution in [2.75, 3.05) is 26.7 Å². The Labute approximate surface area is 195 Å². The highest BCUT2D eigenvalue weighted by atomic mass is 127. The van der Waals surface area contributed by atoms with Crippen LogP contribution in [0.2, 0.25) is 0 Å². The van der Waals surface area contributed by atoms with Gasteiger partial charge in [-0.1, -0.05) is 30.3 Å². The molecule has 0 atom stereocenters. The summed E-state index contributed by atoms with van der Waals surface area (Å²) >= 11 is 0. The van der Waals surface area contributed by atoms with Gasteiger partial charge in [0.15, 0.2) is 5.96 Å². The van der Waals surface area contributed by atoms with E-state index < -0.39 is 0 Å². The molecule has 0 saturated carbocycles. The molecule has 2 N–H and O–H groups in total. The molecule has 30 heavy (non-hydrogen) atoms. The third kappa shape index (κ3) is 7.19. The van der Waals surface area contributed by atoms with Gasteiger partial charge in [-0.2, -0.15) is 5.10 Å². The zero-order valence-electron chi connectivity index (χ0n) is 17.6. The van der Waals surface area contributed by atoms with Crippen molar-refractivity contribution in [1.82, 2.24) is 25.3 Å². The molecule has 0 unspecified atom stereocenters. The van der Waals surface area contributed by atoms with E-state index in [0.29, 0.717) is 26.2 Å². The van der Waals surface area contributed by atoms with Crippen LogP contribution in [-0.4, -0.2) is 59.5 Å². The summed E-state index contributed by atoms with van der Waals surface area (Å²) in [5.74, 6) is 0.760. The highest BCUT2D eigenvalue weighted by molar-refractivity contribution is 14.0. The molecule has 0 spiro atoms. The van der Waals surface area contributed by atoms with Gasteiger partial charge in [-0.05, 0) is 25.3 Å². The SMILES string of the molecule is CCOC(=O)N1CCC(NC(=NC)NCc2cnn(Cc3ccccc3)c2)CC1.I. The molecule has 0 radical (unpaired) electrons. The third-order valence-corrected chi connectivity index (χ3v) is 4.92. The number of hydrogen-bond donors (Lipinski definition) is 2. The van der Waals surface area contributed by atoms with Gasteiger partial charge in [-0.25, -0.2) is 4.79 Å². The van der Waals surface area contributed by atoms with E-state index in [1.807, 2.05) is 42.2 Å². The number of benzene rings is 1. The number of rotatable bonds is 6. The fraction of sp³-hybridized carbons (Fsp3) is 0.476. The highest BCUT2D eigenvalue weighted by Gasteiger charge is 2.24. The molecule has 0 aliphatic carbocycles. The van der Waals surface area contributed by atoms with Crippen molar-refractivity contribution < 1.29 is 9.53 Å². The molecule has 1 aromatic heterocycles. The van der Waals surface area contributed by atoms with Gasteiger partial charge in [0.1, 0.15) is 0 Å². The highest BCUT2D eigenvalue weighted by Crippen LogP contribution is 2.11. The van der Waals surface area contributed by atoms with Crippen LogP contribution >= 0.6 is 24.0 Å². The maximum Gasteiger partial charge on any atom is 0.409 e. The average molecular weight is 526 g/mol. The molecule has 1 aromatic carbocycles. The first-order valence-corrected chi connectivity index (χ1v) is 10.1. The second kappa shape index (κ2) is 12.4. The zero-order valence-corrected chi connectivity index (χ0v) is 19.9. The summed E-state index contributed by atoms with van der Waals surface area (Å²) in [6.07, 6.45) is 5.44. The van der Waals surface area contributed by atoms with Gasteiger partial charge in [-0.3, -0.25) is 9.67 Å². The van der Waals surface area contributed by atoms with Crippen LogP contribution < -0.4 is 10.6 Å². The van der Waals surface area contributed by atoms with Crippen molar-refractivity contribution in [2.45, 2.75) is 38.9 Å². The van der Waals surface area contributed by atoms with Gasteiger partial charge in [0.05, 0.1) is 19.3 Å². The van der Waals surface area contributed by atoms with Crippen LogP contribution in [0.15, 0.2) is 47.7 Å². The summed E-state index contributed by atoms with van der Waals surface area (Å²) in [6, 6.07) is 10.6. The van der Waals surface area contributed by atoms with Gasteiger partial charge in [0.25, 0.3) is 0 Å². The Balaban J connectivity index is 0.00000320. The Kier molecular flexibility index (Phi) is 9.92. The van der Waals surface area contributed by atoms with Crippen LogP contribution in [0, 0.1) is 0 Å². The Morgan fingerprint density at radius 3 is 2.63 bits per heavy atom. The topological polar surface area (TPSA) is 83.8 Å². The molecule has 2 aromatic rings. The maximum atomic E-state index is 11.8. The van der Waals surface area contributed by atoms with E-state index in [0.717, 1.165) is 30.9 Å². The number of amides is 1. The van der Waals surface area contributed by atoms with Crippen molar-refractivity contribution >= 4 is 36.0 Å². The lowest BCUT2D eigenvalue weighted by Crippen LogP contribution is -2.49. The summed E-state index contributed by atoms with van der Waals surface area (Å²) in [5.41, 5.74) is 2.32. The molecule has 1 saturated heterocycles. The molecule has 1 amide bonds. The fourth-order valence-electron chi connectivity index (χ4n) is 3.35. The first-order valence-electron chi connectivity index (χ1n) is 10.1. The molecule has 9 heteroatoms. The number of likely N-dealkylation sites (tertiary alicyclic amines) is 1. The maximum absolute atomic E-state index is 11.8. The van der Waals surface area contributed by atoms with Crippen molar-refractivity contribution in [3.8, 4) is 0 Å². The lowest BCUT2D eigenvalue weighted by molar-refractivity contribution is 0.0963. The summed E-state index contributed by atoms with van der Waals surface area (Å²) < 4.78 is 7.01. The van der Waals surface area contributed by atoms with Gasteiger partial charge in [-0.15, -0.1) is 24.0 Å². The first kappa shape index (κ1) is 24.0. The summed E-state index contributed by atoms with van der Waals surface area (Å²) in [5, 5.41) is 11.2. The van der Waals surface area contributed by atoms with Gasteiger partial charge < -0.3 is 20.3 Å². The Hall–Kier alpha value is -2.30. The lowest BCUT2D eigenvalue weighted by atomic mass is 10.1. The predicted molar refractivity (Wildman–Crippen MR) is 128 cm³/mol. The van der Waals surface area contributed by atoms with Crippen molar-refractivity contribution in [1.29, 1.82) is 0 Å². The van der Waals surface area contributed by atoms with Crippen molar-refractivity contribution in [3.05, 3.63) is 53.9 Å². The normalized spacial score (nSPS) is 14.7. The Morgan fingerprint density at radius 2 is 1.97 bits per heavy atom. The molecule has 1 aliphatic rings. The lowest BCUT2D eigenvalue weighted by Gasteiger charge is -2.32. The van der Waals surface area contributed by atoms with E-state index in [1.54, 1.807) is 11.9 Å². The monoisotopic (exact) mass is 526 g/mol. The number of guanidine groups is 1. The number of aliphatic imine (C=N–C) groups is 1. The van der Waals surface area contributed by atoms with E-state index >= 15 is 0 Å². The summed E-state index contributed by atoms with van der Waals surface area (Å²) in [6.45, 7) is 5.03.